The number of carbonyl (C=O) groups is 1. The Labute approximate surface area is 148 Å². The molecule has 3 rings (SSSR count). The Hall–Kier alpha value is -2.34. The maximum atomic E-state index is 13.0. The highest BCUT2D eigenvalue weighted by Crippen LogP contribution is 2.45. The number of hydrogen-bond donors (Lipinski definition) is 0. The SMILES string of the molecule is Cc1cc2c(cc1OS(C)(=O)=O)N(Cc1ccccc1)C(=O)C2(C)C. The van der Waals surface area contributed by atoms with Crippen LogP contribution in [0.15, 0.2) is 42.5 Å². The Balaban J connectivity index is 2.09. The maximum absolute atomic E-state index is 13.0. The zero-order valence-electron chi connectivity index (χ0n) is 14.7. The molecule has 0 atom stereocenters. The summed E-state index contributed by atoms with van der Waals surface area (Å²) in [6.07, 6.45) is 1.01. The van der Waals surface area contributed by atoms with E-state index < -0.39 is 15.5 Å². The second-order valence-electron chi connectivity index (χ2n) is 6.92. The summed E-state index contributed by atoms with van der Waals surface area (Å²) in [7, 11) is -3.64. The Bertz CT molecular complexity index is 933. The van der Waals surface area contributed by atoms with Crippen molar-refractivity contribution in [3.63, 3.8) is 0 Å². The van der Waals surface area contributed by atoms with E-state index >= 15 is 0 Å². The molecule has 0 saturated carbocycles. The molecule has 0 fully saturated rings. The third-order valence-corrected chi connectivity index (χ3v) is 4.94. The van der Waals surface area contributed by atoms with Crippen molar-refractivity contribution in [3.05, 3.63) is 59.2 Å². The molecule has 0 saturated heterocycles. The second-order valence-corrected chi connectivity index (χ2v) is 8.50. The molecule has 6 heteroatoms. The number of fused-ring (bicyclic) bond motifs is 1. The zero-order chi connectivity index (χ0) is 18.4. The number of aryl methyl sites for hydroxylation is 1. The van der Waals surface area contributed by atoms with Crippen LogP contribution < -0.4 is 9.08 Å². The predicted molar refractivity (Wildman–Crippen MR) is 97.3 cm³/mol. The van der Waals surface area contributed by atoms with E-state index in [9.17, 15) is 13.2 Å². The molecule has 0 spiro atoms. The molecule has 0 bridgehead atoms. The molecule has 1 heterocycles. The first-order chi connectivity index (χ1) is 11.6. The van der Waals surface area contributed by atoms with Gasteiger partial charge in [0.05, 0.1) is 23.9 Å². The smallest absolute Gasteiger partial charge is 0.306 e. The van der Waals surface area contributed by atoms with E-state index in [0.717, 1.165) is 17.4 Å². The van der Waals surface area contributed by atoms with Gasteiger partial charge in [-0.3, -0.25) is 4.79 Å². The van der Waals surface area contributed by atoms with E-state index in [2.05, 4.69) is 0 Å². The van der Waals surface area contributed by atoms with E-state index in [4.69, 9.17) is 4.18 Å². The normalized spacial score (nSPS) is 16.0. The van der Waals surface area contributed by atoms with E-state index in [0.29, 0.717) is 17.8 Å². The van der Waals surface area contributed by atoms with E-state index in [1.807, 2.05) is 50.2 Å². The molecule has 1 aliphatic rings. The molecule has 1 aliphatic heterocycles. The van der Waals surface area contributed by atoms with Gasteiger partial charge < -0.3 is 9.08 Å². The second kappa shape index (κ2) is 5.88. The summed E-state index contributed by atoms with van der Waals surface area (Å²) in [4.78, 5) is 14.7. The average molecular weight is 359 g/mol. The van der Waals surface area contributed by atoms with E-state index in [1.165, 1.54) is 0 Å². The summed E-state index contributed by atoms with van der Waals surface area (Å²) < 4.78 is 28.1. The molecule has 25 heavy (non-hydrogen) atoms. The van der Waals surface area contributed by atoms with Gasteiger partial charge in [-0.1, -0.05) is 30.3 Å². The summed E-state index contributed by atoms with van der Waals surface area (Å²) in [5.74, 6) is 0.243. The summed E-state index contributed by atoms with van der Waals surface area (Å²) in [5.41, 5.74) is 2.60. The van der Waals surface area contributed by atoms with Gasteiger partial charge in [0.15, 0.2) is 0 Å². The first-order valence-electron chi connectivity index (χ1n) is 8.00. The standard InChI is InChI=1S/C19H21NO4S/c1-13-10-15-16(11-17(13)24-25(4,22)23)20(18(21)19(15,2)3)12-14-8-6-5-7-9-14/h5-11H,12H2,1-4H3. The minimum Gasteiger partial charge on any atom is -0.382 e. The highest BCUT2D eigenvalue weighted by atomic mass is 32.2. The van der Waals surface area contributed by atoms with Crippen LogP contribution in [0.2, 0.25) is 0 Å². The van der Waals surface area contributed by atoms with E-state index in [1.54, 1.807) is 17.9 Å². The average Bonchev–Trinajstić information content (AvgIpc) is 2.69. The third kappa shape index (κ3) is 3.26. The van der Waals surface area contributed by atoms with Crippen LogP contribution in [0.1, 0.15) is 30.5 Å². The van der Waals surface area contributed by atoms with Crippen molar-refractivity contribution in [2.75, 3.05) is 11.2 Å². The van der Waals surface area contributed by atoms with Crippen molar-refractivity contribution >= 4 is 21.7 Å². The van der Waals surface area contributed by atoms with Crippen LogP contribution in [0.25, 0.3) is 0 Å². The number of anilines is 1. The molecule has 0 unspecified atom stereocenters. The van der Waals surface area contributed by atoms with Gasteiger partial charge in [0.25, 0.3) is 0 Å². The lowest BCUT2D eigenvalue weighted by molar-refractivity contribution is -0.122. The van der Waals surface area contributed by atoms with Gasteiger partial charge in [0, 0.05) is 6.07 Å². The summed E-state index contributed by atoms with van der Waals surface area (Å²) in [5, 5.41) is 0. The minimum atomic E-state index is -3.64. The van der Waals surface area contributed by atoms with Crippen molar-refractivity contribution in [1.29, 1.82) is 0 Å². The molecule has 5 nitrogen and oxygen atoms in total. The summed E-state index contributed by atoms with van der Waals surface area (Å²) >= 11 is 0. The first kappa shape index (κ1) is 17.5. The van der Waals surface area contributed by atoms with Crippen LogP contribution in [-0.4, -0.2) is 20.6 Å². The molecule has 2 aromatic carbocycles. The fourth-order valence-electron chi connectivity index (χ4n) is 3.14. The zero-order valence-corrected chi connectivity index (χ0v) is 15.6. The highest BCUT2D eigenvalue weighted by molar-refractivity contribution is 7.86. The highest BCUT2D eigenvalue weighted by Gasteiger charge is 2.44. The maximum Gasteiger partial charge on any atom is 0.306 e. The predicted octanol–water partition coefficient (Wildman–Crippen LogP) is 3.16. The molecule has 0 aliphatic carbocycles. The van der Waals surface area contributed by atoms with Crippen LogP contribution in [-0.2, 0) is 26.9 Å². The van der Waals surface area contributed by atoms with Crippen LogP contribution >= 0.6 is 0 Å². The lowest BCUT2D eigenvalue weighted by Crippen LogP contribution is -2.35. The molecular weight excluding hydrogens is 338 g/mol. The monoisotopic (exact) mass is 359 g/mol. The first-order valence-corrected chi connectivity index (χ1v) is 9.82. The van der Waals surface area contributed by atoms with Crippen molar-refractivity contribution < 1.29 is 17.4 Å². The van der Waals surface area contributed by atoms with Crippen LogP contribution in [0.5, 0.6) is 5.75 Å². The number of rotatable bonds is 4. The van der Waals surface area contributed by atoms with Gasteiger partial charge >= 0.3 is 10.1 Å². The number of benzene rings is 2. The van der Waals surface area contributed by atoms with Crippen LogP contribution in [0.4, 0.5) is 5.69 Å². The van der Waals surface area contributed by atoms with Gasteiger partial charge in [-0.05, 0) is 43.5 Å². The van der Waals surface area contributed by atoms with Gasteiger partial charge in [-0.2, -0.15) is 8.42 Å². The van der Waals surface area contributed by atoms with Gasteiger partial charge in [-0.25, -0.2) is 0 Å². The van der Waals surface area contributed by atoms with Gasteiger partial charge in [-0.15, -0.1) is 0 Å². The number of amides is 1. The van der Waals surface area contributed by atoms with Crippen LogP contribution in [0.3, 0.4) is 0 Å². The largest absolute Gasteiger partial charge is 0.382 e. The van der Waals surface area contributed by atoms with Gasteiger partial charge in [0.2, 0.25) is 5.91 Å². The lowest BCUT2D eigenvalue weighted by Gasteiger charge is -2.20. The molecule has 2 aromatic rings. The minimum absolute atomic E-state index is 0.0118. The topological polar surface area (TPSA) is 63.7 Å². The Kier molecular flexibility index (Phi) is 4.11. The number of hydrogen-bond acceptors (Lipinski definition) is 4. The molecular formula is C19H21NO4S. The fourth-order valence-corrected chi connectivity index (χ4v) is 3.64. The fraction of sp³-hybridized carbons (Fsp3) is 0.316. The molecule has 0 aromatic heterocycles. The number of carbonyl (C=O) groups excluding carboxylic acids is 1. The number of nitrogens with zero attached hydrogens (tertiary/aromatic N) is 1. The Morgan fingerprint density at radius 2 is 1.76 bits per heavy atom. The van der Waals surface area contributed by atoms with Crippen molar-refractivity contribution in [2.45, 2.75) is 32.7 Å². The lowest BCUT2D eigenvalue weighted by atomic mass is 9.85. The summed E-state index contributed by atoms with van der Waals surface area (Å²) in [6, 6.07) is 13.2. The van der Waals surface area contributed by atoms with Crippen molar-refractivity contribution in [1.82, 2.24) is 0 Å². The molecule has 132 valence electrons. The Morgan fingerprint density at radius 1 is 1.12 bits per heavy atom. The molecule has 0 N–H and O–H groups in total. The van der Waals surface area contributed by atoms with Gasteiger partial charge in [0.1, 0.15) is 5.75 Å². The van der Waals surface area contributed by atoms with Crippen molar-refractivity contribution in [2.24, 2.45) is 0 Å². The molecule has 1 amide bonds. The molecule has 0 radical (unpaired) electrons. The van der Waals surface area contributed by atoms with Crippen molar-refractivity contribution in [3.8, 4) is 5.75 Å². The Morgan fingerprint density at radius 3 is 2.36 bits per heavy atom. The van der Waals surface area contributed by atoms with Crippen LogP contribution in [0, 0.1) is 6.92 Å². The quantitative estimate of drug-likeness (QED) is 0.787. The van der Waals surface area contributed by atoms with E-state index in [-0.39, 0.29) is 11.7 Å². The summed E-state index contributed by atoms with van der Waals surface area (Å²) in [6.45, 7) is 5.98. The third-order valence-electron chi connectivity index (χ3n) is 4.46.